The van der Waals surface area contributed by atoms with Gasteiger partial charge in [0.05, 0.1) is 0 Å². The lowest BCUT2D eigenvalue weighted by molar-refractivity contribution is 0.0946. The van der Waals surface area contributed by atoms with E-state index in [2.05, 4.69) is 4.72 Å². The maximum atomic E-state index is 13.4. The van der Waals surface area contributed by atoms with E-state index >= 15 is 0 Å². The van der Waals surface area contributed by atoms with Crippen LogP contribution >= 0.6 is 0 Å². The molecule has 0 heterocycles. The van der Waals surface area contributed by atoms with Gasteiger partial charge in [-0.2, -0.15) is 0 Å². The van der Waals surface area contributed by atoms with Crippen LogP contribution in [-0.2, 0) is 10.0 Å². The van der Waals surface area contributed by atoms with Gasteiger partial charge in [-0.1, -0.05) is 57.4 Å². The first-order valence-electron chi connectivity index (χ1n) is 10.6. The number of nitrogens with zero attached hydrogens (tertiary/aromatic N) is 1. The largest absolute Gasteiger partial charge is 0.367 e. The Kier molecular flexibility index (Phi) is 6.90. The molecule has 0 aromatic heterocycles. The normalized spacial score (nSPS) is 18.1. The summed E-state index contributed by atoms with van der Waals surface area (Å²) in [6.45, 7) is 4.99. The highest BCUT2D eigenvalue weighted by molar-refractivity contribution is 7.94. The summed E-state index contributed by atoms with van der Waals surface area (Å²) in [5.74, 6) is -0.971. The molecule has 0 amide bonds. The maximum absolute atomic E-state index is 13.4. The van der Waals surface area contributed by atoms with Crippen molar-refractivity contribution in [3.8, 4) is 0 Å². The molecule has 7 heteroatoms. The number of carbonyl (C=O) groups is 2. The van der Waals surface area contributed by atoms with Crippen molar-refractivity contribution in [2.45, 2.75) is 64.8 Å². The Morgan fingerprint density at radius 1 is 0.931 bits per heavy atom. The van der Waals surface area contributed by atoms with E-state index in [0.29, 0.717) is 13.1 Å². The van der Waals surface area contributed by atoms with E-state index < -0.39 is 15.8 Å². The fourth-order valence-electron chi connectivity index (χ4n) is 4.25. The zero-order valence-electron chi connectivity index (χ0n) is 17.2. The Hall–Kier alpha value is -1.99. The standard InChI is InChI=1S/C22H30N2O4S/c1-3-14-24(15-4-2)19-20(25)17-12-8-9-13-18(17)21(26)22(19)29(27,28)23-16-10-6-5-7-11-16/h8-9,12-13,16,23H,3-7,10-11,14-15H2,1-2H3. The lowest BCUT2D eigenvalue weighted by Crippen LogP contribution is -2.43. The fraction of sp³-hybridized carbons (Fsp3) is 0.545. The van der Waals surface area contributed by atoms with Gasteiger partial charge < -0.3 is 4.90 Å². The first kappa shape index (κ1) is 21.7. The van der Waals surface area contributed by atoms with Gasteiger partial charge in [0, 0.05) is 30.3 Å². The van der Waals surface area contributed by atoms with E-state index in [-0.39, 0.29) is 33.6 Å². The zero-order chi connectivity index (χ0) is 21.0. The minimum Gasteiger partial charge on any atom is -0.367 e. The highest BCUT2D eigenvalue weighted by Crippen LogP contribution is 2.32. The molecule has 0 unspecified atom stereocenters. The first-order chi connectivity index (χ1) is 13.9. The van der Waals surface area contributed by atoms with Crippen LogP contribution in [0.3, 0.4) is 0 Å². The summed E-state index contributed by atoms with van der Waals surface area (Å²) < 4.78 is 29.5. The van der Waals surface area contributed by atoms with E-state index in [4.69, 9.17) is 0 Å². The molecule has 1 saturated carbocycles. The molecule has 3 rings (SSSR count). The second kappa shape index (κ2) is 9.22. The Balaban J connectivity index is 2.13. The number of carbonyl (C=O) groups excluding carboxylic acids is 2. The maximum Gasteiger partial charge on any atom is 0.246 e. The molecule has 2 aliphatic carbocycles. The monoisotopic (exact) mass is 418 g/mol. The van der Waals surface area contributed by atoms with Crippen LogP contribution in [0.4, 0.5) is 0 Å². The van der Waals surface area contributed by atoms with Crippen LogP contribution in [0.15, 0.2) is 34.9 Å². The number of allylic oxidation sites excluding steroid dienone is 2. The number of rotatable bonds is 8. The molecule has 1 aromatic carbocycles. The molecule has 1 N–H and O–H groups in total. The minimum absolute atomic E-state index is 0.0284. The van der Waals surface area contributed by atoms with Gasteiger partial charge >= 0.3 is 0 Å². The number of ketones is 2. The predicted molar refractivity (Wildman–Crippen MR) is 113 cm³/mol. The van der Waals surface area contributed by atoms with Crippen LogP contribution in [-0.4, -0.2) is 44.0 Å². The predicted octanol–water partition coefficient (Wildman–Crippen LogP) is 3.65. The highest BCUT2D eigenvalue weighted by atomic mass is 32.2. The van der Waals surface area contributed by atoms with Crippen molar-refractivity contribution in [2.75, 3.05) is 13.1 Å². The molecule has 0 atom stereocenters. The minimum atomic E-state index is -4.12. The van der Waals surface area contributed by atoms with Gasteiger partial charge in [0.25, 0.3) is 0 Å². The van der Waals surface area contributed by atoms with E-state index in [1.807, 2.05) is 13.8 Å². The van der Waals surface area contributed by atoms with E-state index in [1.54, 1.807) is 23.1 Å². The fourth-order valence-corrected chi connectivity index (χ4v) is 5.87. The Labute approximate surface area is 173 Å². The molecule has 0 bridgehead atoms. The molecular formula is C22H30N2O4S. The molecule has 29 heavy (non-hydrogen) atoms. The molecular weight excluding hydrogens is 388 g/mol. The average molecular weight is 419 g/mol. The van der Waals surface area contributed by atoms with Gasteiger partial charge in [-0.3, -0.25) is 9.59 Å². The van der Waals surface area contributed by atoms with Crippen LogP contribution in [0.1, 0.15) is 79.5 Å². The van der Waals surface area contributed by atoms with Gasteiger partial charge in [0.15, 0.2) is 4.91 Å². The van der Waals surface area contributed by atoms with Gasteiger partial charge in [-0.05, 0) is 25.7 Å². The van der Waals surface area contributed by atoms with Crippen molar-refractivity contribution in [3.63, 3.8) is 0 Å². The summed E-state index contributed by atoms with van der Waals surface area (Å²) in [4.78, 5) is 28.1. The van der Waals surface area contributed by atoms with Gasteiger partial charge in [-0.25, -0.2) is 13.1 Å². The number of hydrogen-bond donors (Lipinski definition) is 1. The number of benzene rings is 1. The molecule has 6 nitrogen and oxygen atoms in total. The molecule has 1 fully saturated rings. The van der Waals surface area contributed by atoms with Crippen LogP contribution < -0.4 is 4.72 Å². The van der Waals surface area contributed by atoms with Crippen molar-refractivity contribution in [1.29, 1.82) is 0 Å². The number of sulfonamides is 1. The number of Topliss-reactive ketones (excluding diaryl/α,β-unsaturated/α-hetero) is 2. The lowest BCUT2D eigenvalue weighted by Gasteiger charge is -2.31. The lowest BCUT2D eigenvalue weighted by atomic mass is 9.91. The van der Waals surface area contributed by atoms with Crippen molar-refractivity contribution >= 4 is 21.6 Å². The second-order valence-corrected chi connectivity index (χ2v) is 9.48. The third-order valence-corrected chi connectivity index (χ3v) is 7.11. The Morgan fingerprint density at radius 3 is 2.03 bits per heavy atom. The Bertz CT molecular complexity index is 908. The first-order valence-corrected chi connectivity index (χ1v) is 12.1. The molecule has 0 radical (unpaired) electrons. The van der Waals surface area contributed by atoms with Crippen LogP contribution in [0.2, 0.25) is 0 Å². The van der Waals surface area contributed by atoms with Crippen LogP contribution in [0.25, 0.3) is 0 Å². The van der Waals surface area contributed by atoms with Crippen LogP contribution in [0.5, 0.6) is 0 Å². The summed E-state index contributed by atoms with van der Waals surface area (Å²) in [5, 5.41) is 0. The second-order valence-electron chi connectivity index (χ2n) is 7.82. The molecule has 1 aromatic rings. The topological polar surface area (TPSA) is 83.6 Å². The molecule has 158 valence electrons. The molecule has 0 spiro atoms. The summed E-state index contributed by atoms with van der Waals surface area (Å²) in [7, 11) is -4.12. The third kappa shape index (κ3) is 4.46. The molecule has 2 aliphatic rings. The van der Waals surface area contributed by atoms with Crippen molar-refractivity contribution in [3.05, 3.63) is 46.0 Å². The average Bonchev–Trinajstić information content (AvgIpc) is 2.70. The summed E-state index contributed by atoms with van der Waals surface area (Å²) in [5.41, 5.74) is 0.472. The number of nitrogens with one attached hydrogen (secondary N) is 1. The van der Waals surface area contributed by atoms with E-state index in [1.165, 1.54) is 6.07 Å². The summed E-state index contributed by atoms with van der Waals surface area (Å²) in [6.07, 6.45) is 6.03. The van der Waals surface area contributed by atoms with Crippen molar-refractivity contribution < 1.29 is 18.0 Å². The van der Waals surface area contributed by atoms with Gasteiger partial charge in [-0.15, -0.1) is 0 Å². The zero-order valence-corrected chi connectivity index (χ0v) is 18.1. The quantitative estimate of drug-likeness (QED) is 0.697. The smallest absolute Gasteiger partial charge is 0.246 e. The van der Waals surface area contributed by atoms with Crippen molar-refractivity contribution in [1.82, 2.24) is 9.62 Å². The van der Waals surface area contributed by atoms with E-state index in [0.717, 1.165) is 44.9 Å². The summed E-state index contributed by atoms with van der Waals surface area (Å²) >= 11 is 0. The molecule has 0 aliphatic heterocycles. The van der Waals surface area contributed by atoms with Gasteiger partial charge in [0.2, 0.25) is 21.6 Å². The number of fused-ring (bicyclic) bond motifs is 1. The number of hydrogen-bond acceptors (Lipinski definition) is 5. The van der Waals surface area contributed by atoms with Crippen molar-refractivity contribution in [2.24, 2.45) is 0 Å². The van der Waals surface area contributed by atoms with E-state index in [9.17, 15) is 18.0 Å². The van der Waals surface area contributed by atoms with Gasteiger partial charge in [0.1, 0.15) is 5.70 Å². The third-order valence-electron chi connectivity index (χ3n) is 5.55. The Morgan fingerprint density at radius 2 is 1.48 bits per heavy atom. The summed E-state index contributed by atoms with van der Waals surface area (Å²) in [6, 6.07) is 6.30. The highest BCUT2D eigenvalue weighted by Gasteiger charge is 2.41. The molecule has 0 saturated heterocycles. The SMILES string of the molecule is CCCN(CCC)C1=C(S(=O)(=O)NC2CCCCC2)C(=O)c2ccccc2C1=O. The van der Waals surface area contributed by atoms with Crippen LogP contribution in [0, 0.1) is 0 Å².